The molecule has 3 heteroatoms. The average molecular weight is 249 g/mol. The molecule has 1 aromatic carbocycles. The van der Waals surface area contributed by atoms with E-state index in [0.717, 1.165) is 22.1 Å². The highest BCUT2D eigenvalue weighted by atomic mass is 79.9. The molecule has 0 saturated heterocycles. The summed E-state index contributed by atoms with van der Waals surface area (Å²) in [6, 6.07) is 8.17. The first-order chi connectivity index (χ1) is 6.81. The van der Waals surface area contributed by atoms with Gasteiger partial charge in [0.15, 0.2) is 0 Å². The summed E-state index contributed by atoms with van der Waals surface area (Å²) in [4.78, 5) is 6.64. The Morgan fingerprint density at radius 3 is 3.00 bits per heavy atom. The lowest BCUT2D eigenvalue weighted by atomic mass is 10.2. The van der Waals surface area contributed by atoms with Crippen molar-refractivity contribution in [3.05, 3.63) is 45.8 Å². The lowest BCUT2D eigenvalue weighted by Gasteiger charge is -1.90. The fourth-order valence-corrected chi connectivity index (χ4v) is 1.97. The van der Waals surface area contributed by atoms with Crippen LogP contribution in [0.2, 0.25) is 0 Å². The zero-order valence-corrected chi connectivity index (χ0v) is 9.13. The van der Waals surface area contributed by atoms with Gasteiger partial charge in [0.25, 0.3) is 0 Å². The maximum atomic E-state index is 6.73. The number of hydrogen-bond donors (Lipinski definition) is 1. The summed E-state index contributed by atoms with van der Waals surface area (Å²) in [6.07, 6.45) is 0.796. The van der Waals surface area contributed by atoms with Gasteiger partial charge in [-0.25, -0.2) is 6.57 Å². The van der Waals surface area contributed by atoms with Gasteiger partial charge in [-0.05, 0) is 18.2 Å². The zero-order valence-electron chi connectivity index (χ0n) is 7.55. The fraction of sp³-hybridized carbons (Fsp3) is 0.182. The normalized spacial score (nSPS) is 10.3. The van der Waals surface area contributed by atoms with Gasteiger partial charge >= 0.3 is 0 Å². The topological polar surface area (TPSA) is 20.1 Å². The van der Waals surface area contributed by atoms with Crippen LogP contribution in [0.4, 0.5) is 0 Å². The van der Waals surface area contributed by atoms with Crippen molar-refractivity contribution in [1.29, 1.82) is 0 Å². The van der Waals surface area contributed by atoms with Crippen molar-refractivity contribution >= 4 is 26.8 Å². The molecule has 0 amide bonds. The number of hydrogen-bond acceptors (Lipinski definition) is 0. The summed E-state index contributed by atoms with van der Waals surface area (Å²) in [5.74, 6) is 0. The zero-order chi connectivity index (χ0) is 9.97. The number of aromatic nitrogens is 1. The van der Waals surface area contributed by atoms with Crippen molar-refractivity contribution in [2.75, 3.05) is 6.54 Å². The molecule has 2 rings (SSSR count). The molecule has 1 N–H and O–H groups in total. The number of nitrogens with zero attached hydrogens (tertiary/aromatic N) is 1. The molecule has 1 heterocycles. The molecule has 2 nitrogen and oxygen atoms in total. The third-order valence-corrected chi connectivity index (χ3v) is 2.85. The largest absolute Gasteiger partial charge is 0.358 e. The molecule has 0 aliphatic rings. The Kier molecular flexibility index (Phi) is 2.55. The molecule has 0 atom stereocenters. The van der Waals surface area contributed by atoms with Crippen molar-refractivity contribution in [3.63, 3.8) is 0 Å². The maximum absolute atomic E-state index is 6.73. The summed E-state index contributed by atoms with van der Waals surface area (Å²) >= 11 is 3.50. The molecule has 0 bridgehead atoms. The Labute approximate surface area is 90.9 Å². The Bertz CT molecular complexity index is 493. The van der Waals surface area contributed by atoms with E-state index < -0.39 is 0 Å². The van der Waals surface area contributed by atoms with Gasteiger partial charge in [-0.1, -0.05) is 22.0 Å². The molecule has 2 aromatic rings. The second-order valence-corrected chi connectivity index (χ2v) is 3.98. The molecule has 0 unspecified atom stereocenters. The van der Waals surface area contributed by atoms with E-state index in [-0.39, 0.29) is 0 Å². The summed E-state index contributed by atoms with van der Waals surface area (Å²) in [6.45, 7) is 7.28. The van der Waals surface area contributed by atoms with Crippen LogP contribution in [0.3, 0.4) is 0 Å². The third-order valence-electron chi connectivity index (χ3n) is 2.16. The lowest BCUT2D eigenvalue weighted by molar-refractivity contribution is 1.03. The average Bonchev–Trinajstić information content (AvgIpc) is 2.59. The van der Waals surface area contributed by atoms with Crippen LogP contribution in [-0.2, 0) is 6.42 Å². The molecule has 0 saturated carbocycles. The molecule has 70 valence electrons. The van der Waals surface area contributed by atoms with Crippen LogP contribution in [-0.4, -0.2) is 11.5 Å². The monoisotopic (exact) mass is 248 g/mol. The van der Waals surface area contributed by atoms with Crippen molar-refractivity contribution in [2.24, 2.45) is 0 Å². The van der Waals surface area contributed by atoms with Crippen molar-refractivity contribution in [1.82, 2.24) is 4.98 Å². The molecule has 0 fully saturated rings. The van der Waals surface area contributed by atoms with Crippen LogP contribution >= 0.6 is 15.9 Å². The number of fused-ring (bicyclic) bond motifs is 1. The van der Waals surface area contributed by atoms with E-state index in [4.69, 9.17) is 6.57 Å². The molecule has 0 aliphatic carbocycles. The van der Waals surface area contributed by atoms with Crippen LogP contribution in [0.1, 0.15) is 5.69 Å². The minimum absolute atomic E-state index is 0.546. The number of H-pyrrole nitrogens is 1. The molecule has 0 spiro atoms. The van der Waals surface area contributed by atoms with E-state index in [9.17, 15) is 0 Å². The molecular weight excluding hydrogens is 240 g/mol. The van der Waals surface area contributed by atoms with Gasteiger partial charge in [0.1, 0.15) is 0 Å². The predicted molar refractivity (Wildman–Crippen MR) is 61.2 cm³/mol. The van der Waals surface area contributed by atoms with E-state index in [2.05, 4.69) is 31.8 Å². The van der Waals surface area contributed by atoms with Gasteiger partial charge in [0.2, 0.25) is 6.54 Å². The van der Waals surface area contributed by atoms with Gasteiger partial charge in [-0.3, -0.25) is 0 Å². The lowest BCUT2D eigenvalue weighted by Crippen LogP contribution is -1.85. The summed E-state index contributed by atoms with van der Waals surface area (Å²) in [7, 11) is 0. The minimum Gasteiger partial charge on any atom is -0.358 e. The molecule has 0 radical (unpaired) electrons. The SMILES string of the molecule is [C-]#[N+]CCc1cc2c(Br)cccc2[nH]1. The Morgan fingerprint density at radius 2 is 2.29 bits per heavy atom. The smallest absolute Gasteiger partial charge is 0.220 e. The van der Waals surface area contributed by atoms with Crippen LogP contribution in [0.5, 0.6) is 0 Å². The number of rotatable bonds is 2. The van der Waals surface area contributed by atoms with E-state index >= 15 is 0 Å². The van der Waals surface area contributed by atoms with Crippen molar-refractivity contribution < 1.29 is 0 Å². The van der Waals surface area contributed by atoms with Gasteiger partial charge in [0.05, 0.1) is 6.42 Å². The van der Waals surface area contributed by atoms with Gasteiger partial charge < -0.3 is 9.83 Å². The molecule has 0 aliphatic heterocycles. The maximum Gasteiger partial charge on any atom is 0.220 e. The highest BCUT2D eigenvalue weighted by Crippen LogP contribution is 2.24. The van der Waals surface area contributed by atoms with E-state index in [0.29, 0.717) is 6.54 Å². The van der Waals surface area contributed by atoms with Crippen LogP contribution < -0.4 is 0 Å². The summed E-state index contributed by atoms with van der Waals surface area (Å²) in [5.41, 5.74) is 2.25. The first kappa shape index (κ1) is 9.29. The third kappa shape index (κ3) is 1.66. The highest BCUT2D eigenvalue weighted by Gasteiger charge is 2.03. The quantitative estimate of drug-likeness (QED) is 0.787. The Hall–Kier alpha value is -1.27. The van der Waals surface area contributed by atoms with E-state index in [1.54, 1.807) is 0 Å². The standard InChI is InChI=1S/C11H9BrN2/c1-13-6-5-8-7-9-10(12)3-2-4-11(9)14-8/h2-4,7,14H,5-6H2. The van der Waals surface area contributed by atoms with Gasteiger partial charge in [-0.2, -0.15) is 0 Å². The first-order valence-electron chi connectivity index (χ1n) is 4.40. The minimum atomic E-state index is 0.546. The van der Waals surface area contributed by atoms with E-state index in [1.165, 1.54) is 5.39 Å². The number of benzene rings is 1. The second-order valence-electron chi connectivity index (χ2n) is 3.13. The fourth-order valence-electron chi connectivity index (χ4n) is 1.49. The van der Waals surface area contributed by atoms with Gasteiger partial charge in [0, 0.05) is 21.1 Å². The van der Waals surface area contributed by atoms with E-state index in [1.807, 2.05) is 18.2 Å². The number of halogens is 1. The first-order valence-corrected chi connectivity index (χ1v) is 5.20. The molecular formula is C11H9BrN2. The second kappa shape index (κ2) is 3.85. The van der Waals surface area contributed by atoms with Crippen LogP contribution in [0, 0.1) is 6.57 Å². The van der Waals surface area contributed by atoms with Gasteiger partial charge in [-0.15, -0.1) is 0 Å². The molecule has 14 heavy (non-hydrogen) atoms. The van der Waals surface area contributed by atoms with Crippen molar-refractivity contribution in [3.8, 4) is 0 Å². The number of aromatic amines is 1. The highest BCUT2D eigenvalue weighted by molar-refractivity contribution is 9.10. The Morgan fingerprint density at radius 1 is 1.43 bits per heavy atom. The Balaban J connectivity index is 2.42. The van der Waals surface area contributed by atoms with Crippen LogP contribution in [0.25, 0.3) is 15.7 Å². The summed E-state index contributed by atoms with van der Waals surface area (Å²) < 4.78 is 1.10. The molecule has 1 aromatic heterocycles. The van der Waals surface area contributed by atoms with Crippen molar-refractivity contribution in [2.45, 2.75) is 6.42 Å². The van der Waals surface area contributed by atoms with Crippen LogP contribution in [0.15, 0.2) is 28.7 Å². The summed E-state index contributed by atoms with van der Waals surface area (Å²) in [5, 5.41) is 1.19. The predicted octanol–water partition coefficient (Wildman–Crippen LogP) is 3.39. The number of nitrogens with one attached hydrogen (secondary N) is 1.